The largest absolute Gasteiger partial charge is 0.490 e. The highest BCUT2D eigenvalue weighted by Crippen LogP contribution is 2.34. The van der Waals surface area contributed by atoms with Crippen LogP contribution in [0.1, 0.15) is 71.3 Å². The summed E-state index contributed by atoms with van der Waals surface area (Å²) in [6.45, 7) is 24.6. The Morgan fingerprint density at radius 1 is 0.829 bits per heavy atom. The van der Waals surface area contributed by atoms with E-state index in [-0.39, 0.29) is 37.3 Å². The quantitative estimate of drug-likeness (QED) is 0.0532. The molecule has 0 radical (unpaired) electrons. The summed E-state index contributed by atoms with van der Waals surface area (Å²) >= 11 is 0. The SMILES string of the molecule is C=C(C)OCOCC(COc1ccc(C(C)(C)c2ccc(C(OC(=O)C(=C)C)C(=C)C)cc2)cc1)OC(=O)C(C)C. The number of hydrogen-bond acceptors (Lipinski definition) is 7. The monoisotopic (exact) mass is 564 g/mol. The van der Waals surface area contributed by atoms with Crippen molar-refractivity contribution in [2.75, 3.05) is 20.0 Å². The van der Waals surface area contributed by atoms with Crippen molar-refractivity contribution in [3.8, 4) is 5.75 Å². The molecule has 2 rings (SSSR count). The summed E-state index contributed by atoms with van der Waals surface area (Å²) in [5.41, 5.74) is 3.79. The molecule has 0 aliphatic heterocycles. The van der Waals surface area contributed by atoms with Crippen LogP contribution in [-0.4, -0.2) is 38.0 Å². The van der Waals surface area contributed by atoms with Crippen LogP contribution in [-0.2, 0) is 34.0 Å². The molecule has 0 bridgehead atoms. The first kappa shape index (κ1) is 33.4. The molecule has 0 amide bonds. The van der Waals surface area contributed by atoms with Gasteiger partial charge >= 0.3 is 11.9 Å². The second kappa shape index (κ2) is 15.2. The Morgan fingerprint density at radius 2 is 1.39 bits per heavy atom. The fourth-order valence-corrected chi connectivity index (χ4v) is 3.80. The van der Waals surface area contributed by atoms with Crippen LogP contribution >= 0.6 is 0 Å². The molecule has 0 saturated carbocycles. The van der Waals surface area contributed by atoms with Crippen molar-refractivity contribution in [2.24, 2.45) is 5.92 Å². The van der Waals surface area contributed by atoms with Crippen molar-refractivity contribution in [1.29, 1.82) is 0 Å². The zero-order valence-corrected chi connectivity index (χ0v) is 25.5. The molecule has 7 nitrogen and oxygen atoms in total. The average Bonchev–Trinajstić information content (AvgIpc) is 2.92. The standard InChI is InChI=1S/C34H44O7/c1-22(2)31(41-33(36)24(5)6)26-11-13-27(14-12-26)34(9,10)28-15-17-29(18-16-28)38-20-30(40-32(35)23(3)4)19-37-21-39-25(7)8/h11-18,23,30-31H,1,5,7,19-21H2,2-4,6,8-10H3. The van der Waals surface area contributed by atoms with Crippen LogP contribution in [0, 0.1) is 5.92 Å². The lowest BCUT2D eigenvalue weighted by Gasteiger charge is -2.27. The predicted molar refractivity (Wildman–Crippen MR) is 160 cm³/mol. The van der Waals surface area contributed by atoms with E-state index in [4.69, 9.17) is 23.7 Å². The topological polar surface area (TPSA) is 80.3 Å². The van der Waals surface area contributed by atoms with E-state index in [1.807, 2.05) is 55.5 Å². The zero-order chi connectivity index (χ0) is 30.7. The molecule has 2 aromatic rings. The number of esters is 2. The molecule has 0 fully saturated rings. The molecule has 222 valence electrons. The van der Waals surface area contributed by atoms with Crippen LogP contribution < -0.4 is 4.74 Å². The number of carbonyl (C=O) groups is 2. The van der Waals surface area contributed by atoms with E-state index >= 15 is 0 Å². The van der Waals surface area contributed by atoms with Gasteiger partial charge in [0, 0.05) is 11.0 Å². The van der Waals surface area contributed by atoms with E-state index in [1.54, 1.807) is 27.7 Å². The highest BCUT2D eigenvalue weighted by Gasteiger charge is 2.25. The first-order valence-electron chi connectivity index (χ1n) is 13.6. The lowest BCUT2D eigenvalue weighted by atomic mass is 9.78. The molecule has 2 unspecified atom stereocenters. The van der Waals surface area contributed by atoms with Crippen LogP contribution in [0.2, 0.25) is 0 Å². The average molecular weight is 565 g/mol. The minimum Gasteiger partial charge on any atom is -0.490 e. The van der Waals surface area contributed by atoms with Gasteiger partial charge in [-0.25, -0.2) is 4.79 Å². The fraction of sp³-hybridized carbons (Fsp3) is 0.412. The lowest BCUT2D eigenvalue weighted by molar-refractivity contribution is -0.160. The number of ether oxygens (including phenoxy) is 5. The third kappa shape index (κ3) is 10.3. The summed E-state index contributed by atoms with van der Waals surface area (Å²) in [7, 11) is 0. The van der Waals surface area contributed by atoms with Gasteiger partial charge in [-0.2, -0.15) is 0 Å². The Kier molecular flexibility index (Phi) is 12.4. The van der Waals surface area contributed by atoms with Gasteiger partial charge in [0.05, 0.1) is 18.3 Å². The first-order chi connectivity index (χ1) is 19.2. The van der Waals surface area contributed by atoms with E-state index < -0.39 is 18.2 Å². The van der Waals surface area contributed by atoms with Crippen molar-refractivity contribution < 1.29 is 33.3 Å². The minimum absolute atomic E-state index is 0.0172. The van der Waals surface area contributed by atoms with Gasteiger partial charge in [0.25, 0.3) is 0 Å². The molecule has 2 aromatic carbocycles. The molecule has 7 heteroatoms. The van der Waals surface area contributed by atoms with Gasteiger partial charge in [-0.05, 0) is 55.2 Å². The number of benzene rings is 2. The Hall–Kier alpha value is -3.84. The summed E-state index contributed by atoms with van der Waals surface area (Å²) in [6, 6.07) is 15.8. The van der Waals surface area contributed by atoms with Crippen molar-refractivity contribution >= 4 is 11.9 Å². The van der Waals surface area contributed by atoms with Crippen molar-refractivity contribution in [3.05, 3.63) is 102 Å². The molecular weight excluding hydrogens is 520 g/mol. The summed E-state index contributed by atoms with van der Waals surface area (Å²) in [6.07, 6.45) is -1.13. The maximum atomic E-state index is 12.2. The Labute approximate surface area is 244 Å². The normalized spacial score (nSPS) is 12.7. The minimum atomic E-state index is -0.592. The van der Waals surface area contributed by atoms with Crippen molar-refractivity contribution in [3.63, 3.8) is 0 Å². The Balaban J connectivity index is 2.10. The fourth-order valence-electron chi connectivity index (χ4n) is 3.80. The van der Waals surface area contributed by atoms with Gasteiger partial charge in [-0.1, -0.05) is 83.8 Å². The molecule has 0 aliphatic rings. The lowest BCUT2D eigenvalue weighted by Crippen LogP contribution is -2.31. The number of hydrogen-bond donors (Lipinski definition) is 0. The van der Waals surface area contributed by atoms with Gasteiger partial charge in [0.15, 0.2) is 12.9 Å². The maximum Gasteiger partial charge on any atom is 0.334 e. The second-order valence-corrected chi connectivity index (χ2v) is 11.0. The summed E-state index contributed by atoms with van der Waals surface area (Å²) in [4.78, 5) is 24.3. The highest BCUT2D eigenvalue weighted by atomic mass is 16.7. The zero-order valence-electron chi connectivity index (χ0n) is 25.5. The molecule has 0 saturated heterocycles. The molecule has 0 N–H and O–H groups in total. The first-order valence-corrected chi connectivity index (χ1v) is 13.6. The molecule has 0 aliphatic carbocycles. The smallest absolute Gasteiger partial charge is 0.334 e. The van der Waals surface area contributed by atoms with Crippen LogP contribution in [0.25, 0.3) is 0 Å². The van der Waals surface area contributed by atoms with Crippen LogP contribution in [0.4, 0.5) is 0 Å². The highest BCUT2D eigenvalue weighted by molar-refractivity contribution is 5.87. The van der Waals surface area contributed by atoms with E-state index in [0.717, 1.165) is 22.3 Å². The summed E-state index contributed by atoms with van der Waals surface area (Å²) in [5, 5.41) is 0. The predicted octanol–water partition coefficient (Wildman–Crippen LogP) is 7.22. The van der Waals surface area contributed by atoms with Crippen LogP contribution in [0.3, 0.4) is 0 Å². The second-order valence-electron chi connectivity index (χ2n) is 11.0. The van der Waals surface area contributed by atoms with Gasteiger partial charge in [0.1, 0.15) is 18.5 Å². The Bertz CT molecular complexity index is 1210. The van der Waals surface area contributed by atoms with Crippen molar-refractivity contribution in [2.45, 2.75) is 66.1 Å². The third-order valence-corrected chi connectivity index (χ3v) is 6.41. The van der Waals surface area contributed by atoms with E-state index in [2.05, 4.69) is 33.6 Å². The van der Waals surface area contributed by atoms with Crippen LogP contribution in [0.15, 0.2) is 85.2 Å². The van der Waals surface area contributed by atoms with E-state index in [9.17, 15) is 9.59 Å². The van der Waals surface area contributed by atoms with Gasteiger partial charge in [0.2, 0.25) is 0 Å². The molecule has 41 heavy (non-hydrogen) atoms. The van der Waals surface area contributed by atoms with Crippen molar-refractivity contribution in [1.82, 2.24) is 0 Å². The van der Waals surface area contributed by atoms with Gasteiger partial charge in [-0.15, -0.1) is 0 Å². The van der Waals surface area contributed by atoms with Crippen LogP contribution in [0.5, 0.6) is 5.75 Å². The molecule has 0 heterocycles. The molecule has 0 spiro atoms. The maximum absolute atomic E-state index is 12.2. The summed E-state index contributed by atoms with van der Waals surface area (Å²) < 4.78 is 27.8. The molecule has 0 aromatic heterocycles. The van der Waals surface area contributed by atoms with Gasteiger partial charge < -0.3 is 23.7 Å². The molecular formula is C34H44O7. The van der Waals surface area contributed by atoms with Gasteiger partial charge in [-0.3, -0.25) is 4.79 Å². The number of rotatable bonds is 16. The van der Waals surface area contributed by atoms with E-state index in [0.29, 0.717) is 17.1 Å². The summed E-state index contributed by atoms with van der Waals surface area (Å²) in [5.74, 6) is 0.148. The number of allylic oxidation sites excluding steroid dienone is 1. The molecule has 2 atom stereocenters. The number of carbonyl (C=O) groups excluding carboxylic acids is 2. The Morgan fingerprint density at radius 3 is 1.88 bits per heavy atom. The third-order valence-electron chi connectivity index (χ3n) is 6.41. The van der Waals surface area contributed by atoms with E-state index in [1.165, 1.54) is 0 Å².